The highest BCUT2D eigenvalue weighted by Crippen LogP contribution is 2.29. The van der Waals surface area contributed by atoms with Gasteiger partial charge in [-0.15, -0.1) is 0 Å². The van der Waals surface area contributed by atoms with E-state index in [1.807, 2.05) is 0 Å². The molecule has 0 radical (unpaired) electrons. The van der Waals surface area contributed by atoms with Gasteiger partial charge in [0.1, 0.15) is 17.9 Å². The fourth-order valence-electron chi connectivity index (χ4n) is 1.88. The number of ether oxygens (including phenoxy) is 1. The zero-order valence-electron chi connectivity index (χ0n) is 11.8. The van der Waals surface area contributed by atoms with Crippen molar-refractivity contribution in [3.8, 4) is 0 Å². The summed E-state index contributed by atoms with van der Waals surface area (Å²) in [7, 11) is 1.26. The van der Waals surface area contributed by atoms with E-state index in [-0.39, 0.29) is 12.2 Å². The first kappa shape index (κ1) is 16.9. The molecular formula is C14H11F5N2O2. The Hall–Kier alpha value is -2.45. The van der Waals surface area contributed by atoms with Crippen molar-refractivity contribution in [1.82, 2.24) is 9.78 Å². The van der Waals surface area contributed by atoms with E-state index >= 15 is 0 Å². The van der Waals surface area contributed by atoms with E-state index < -0.39 is 29.8 Å². The van der Waals surface area contributed by atoms with Crippen LogP contribution in [-0.2, 0) is 24.6 Å². The molecule has 1 aromatic heterocycles. The Labute approximate surface area is 127 Å². The van der Waals surface area contributed by atoms with Crippen LogP contribution in [0.25, 0.3) is 0 Å². The second-order valence-electron chi connectivity index (χ2n) is 4.64. The van der Waals surface area contributed by atoms with Gasteiger partial charge in [0, 0.05) is 7.05 Å². The van der Waals surface area contributed by atoms with Gasteiger partial charge in [0.25, 0.3) is 6.43 Å². The van der Waals surface area contributed by atoms with Crippen molar-refractivity contribution in [3.63, 3.8) is 0 Å². The van der Waals surface area contributed by atoms with Gasteiger partial charge >= 0.3 is 12.1 Å². The van der Waals surface area contributed by atoms with E-state index in [4.69, 9.17) is 4.74 Å². The summed E-state index contributed by atoms with van der Waals surface area (Å²) in [4.78, 5) is 11.8. The van der Waals surface area contributed by atoms with E-state index in [2.05, 4.69) is 5.10 Å². The highest BCUT2D eigenvalue weighted by Gasteiger charge is 2.30. The van der Waals surface area contributed by atoms with E-state index in [9.17, 15) is 26.7 Å². The molecule has 0 aliphatic rings. The third kappa shape index (κ3) is 3.85. The lowest BCUT2D eigenvalue weighted by Gasteiger charge is -2.09. The highest BCUT2D eigenvalue weighted by atomic mass is 19.4. The van der Waals surface area contributed by atoms with Crippen LogP contribution < -0.4 is 0 Å². The third-order valence-electron chi connectivity index (χ3n) is 3.06. The number of aryl methyl sites for hydroxylation is 1. The minimum atomic E-state index is -4.46. The minimum absolute atomic E-state index is 0.300. The number of nitrogens with zero attached hydrogens (tertiary/aromatic N) is 2. The van der Waals surface area contributed by atoms with Crippen LogP contribution in [-0.4, -0.2) is 15.7 Å². The van der Waals surface area contributed by atoms with Gasteiger partial charge in [0.15, 0.2) is 0 Å². The van der Waals surface area contributed by atoms with Crippen LogP contribution in [0.15, 0.2) is 30.5 Å². The lowest BCUT2D eigenvalue weighted by atomic mass is 10.1. The summed E-state index contributed by atoms with van der Waals surface area (Å²) in [6, 6.07) is 3.98. The summed E-state index contributed by atoms with van der Waals surface area (Å²) in [5.41, 5.74) is -1.49. The van der Waals surface area contributed by atoms with Crippen molar-refractivity contribution in [3.05, 3.63) is 52.8 Å². The Morgan fingerprint density at radius 3 is 2.39 bits per heavy atom. The lowest BCUT2D eigenvalue weighted by molar-refractivity contribution is -0.137. The molecule has 2 rings (SSSR count). The van der Waals surface area contributed by atoms with Gasteiger partial charge in [0.05, 0.1) is 11.8 Å². The monoisotopic (exact) mass is 334 g/mol. The number of aromatic nitrogens is 2. The Balaban J connectivity index is 2.05. The first-order valence-corrected chi connectivity index (χ1v) is 6.33. The highest BCUT2D eigenvalue weighted by molar-refractivity contribution is 5.90. The van der Waals surface area contributed by atoms with Gasteiger partial charge in [-0.25, -0.2) is 13.6 Å². The molecule has 0 unspecified atom stereocenters. The Bertz CT molecular complexity index is 692. The fourth-order valence-corrected chi connectivity index (χ4v) is 1.88. The van der Waals surface area contributed by atoms with Crippen molar-refractivity contribution < 1.29 is 31.5 Å². The molecule has 23 heavy (non-hydrogen) atoms. The number of esters is 1. The first-order chi connectivity index (χ1) is 10.7. The molecular weight excluding hydrogens is 323 g/mol. The SMILES string of the molecule is Cn1ncc(C(=O)OCc2ccc(C(F)(F)F)cc2)c1C(F)F. The van der Waals surface area contributed by atoms with Gasteiger partial charge in [0.2, 0.25) is 0 Å². The molecule has 1 aromatic carbocycles. The van der Waals surface area contributed by atoms with E-state index in [0.717, 1.165) is 35.1 Å². The molecule has 0 aliphatic heterocycles. The Morgan fingerprint density at radius 2 is 1.87 bits per heavy atom. The molecule has 0 fully saturated rings. The largest absolute Gasteiger partial charge is 0.457 e. The van der Waals surface area contributed by atoms with Gasteiger partial charge in [-0.1, -0.05) is 12.1 Å². The molecule has 0 spiro atoms. The maximum Gasteiger partial charge on any atom is 0.416 e. The normalized spacial score (nSPS) is 11.8. The lowest BCUT2D eigenvalue weighted by Crippen LogP contribution is -2.10. The fraction of sp³-hybridized carbons (Fsp3) is 0.286. The van der Waals surface area contributed by atoms with Crippen molar-refractivity contribution in [2.45, 2.75) is 19.2 Å². The molecule has 9 heteroatoms. The standard InChI is InChI=1S/C14H11F5N2O2/c1-21-11(12(15)16)10(6-20-21)13(22)23-7-8-2-4-9(5-3-8)14(17,18)19/h2-6,12H,7H2,1H3. The zero-order chi connectivity index (χ0) is 17.2. The van der Waals surface area contributed by atoms with E-state index in [0.29, 0.717) is 5.56 Å². The Morgan fingerprint density at radius 1 is 1.26 bits per heavy atom. The zero-order valence-corrected chi connectivity index (χ0v) is 11.8. The minimum Gasteiger partial charge on any atom is -0.457 e. The number of carbonyl (C=O) groups excluding carboxylic acids is 1. The number of benzene rings is 1. The molecule has 1 heterocycles. The van der Waals surface area contributed by atoms with Gasteiger partial charge < -0.3 is 4.74 Å². The summed E-state index contributed by atoms with van der Waals surface area (Å²) in [6.45, 7) is -0.339. The molecule has 2 aromatic rings. The summed E-state index contributed by atoms with van der Waals surface area (Å²) >= 11 is 0. The molecule has 0 bridgehead atoms. The molecule has 0 amide bonds. The van der Waals surface area contributed by atoms with Crippen LogP contribution in [0.5, 0.6) is 0 Å². The predicted molar refractivity (Wildman–Crippen MR) is 68.7 cm³/mol. The quantitative estimate of drug-likeness (QED) is 0.632. The second kappa shape index (κ2) is 6.35. The molecule has 4 nitrogen and oxygen atoms in total. The third-order valence-corrected chi connectivity index (χ3v) is 3.06. The van der Waals surface area contributed by atoms with Crippen LogP contribution >= 0.6 is 0 Å². The molecule has 0 saturated carbocycles. The maximum absolute atomic E-state index is 12.8. The molecule has 124 valence electrons. The van der Waals surface area contributed by atoms with E-state index in [1.54, 1.807) is 0 Å². The van der Waals surface area contributed by atoms with Crippen LogP contribution in [0.3, 0.4) is 0 Å². The van der Waals surface area contributed by atoms with E-state index in [1.165, 1.54) is 7.05 Å². The molecule has 0 saturated heterocycles. The number of hydrogen-bond acceptors (Lipinski definition) is 3. The first-order valence-electron chi connectivity index (χ1n) is 6.33. The number of halogens is 5. The van der Waals surface area contributed by atoms with Crippen molar-refractivity contribution in [1.29, 1.82) is 0 Å². The average Bonchev–Trinajstić information content (AvgIpc) is 2.86. The van der Waals surface area contributed by atoms with Crippen molar-refractivity contribution in [2.24, 2.45) is 7.05 Å². The second-order valence-corrected chi connectivity index (χ2v) is 4.64. The van der Waals surface area contributed by atoms with Gasteiger partial charge in [-0.3, -0.25) is 4.68 Å². The average molecular weight is 334 g/mol. The summed E-state index contributed by atoms with van der Waals surface area (Å²) in [6.07, 6.45) is -6.41. The topological polar surface area (TPSA) is 44.1 Å². The van der Waals surface area contributed by atoms with Crippen LogP contribution in [0.4, 0.5) is 22.0 Å². The number of carbonyl (C=O) groups is 1. The molecule has 0 aliphatic carbocycles. The van der Waals surface area contributed by atoms with Gasteiger partial charge in [-0.2, -0.15) is 18.3 Å². The predicted octanol–water partition coefficient (Wildman–Crippen LogP) is 3.73. The number of hydrogen-bond donors (Lipinski definition) is 0. The van der Waals surface area contributed by atoms with Crippen LogP contribution in [0.1, 0.15) is 33.6 Å². The van der Waals surface area contributed by atoms with Gasteiger partial charge in [-0.05, 0) is 17.7 Å². The van der Waals surface area contributed by atoms with Crippen molar-refractivity contribution in [2.75, 3.05) is 0 Å². The number of alkyl halides is 5. The van der Waals surface area contributed by atoms with Crippen molar-refractivity contribution >= 4 is 5.97 Å². The molecule has 0 atom stereocenters. The summed E-state index contributed by atoms with van der Waals surface area (Å²) in [5.74, 6) is -1.02. The smallest absolute Gasteiger partial charge is 0.416 e. The molecule has 0 N–H and O–H groups in total. The Kier molecular flexibility index (Phi) is 4.67. The summed E-state index contributed by atoms with van der Waals surface area (Å²) in [5, 5.41) is 3.56. The number of rotatable bonds is 4. The van der Waals surface area contributed by atoms with Crippen LogP contribution in [0, 0.1) is 0 Å². The summed E-state index contributed by atoms with van der Waals surface area (Å²) < 4.78 is 68.6. The maximum atomic E-state index is 12.8. The van der Waals surface area contributed by atoms with Crippen LogP contribution in [0.2, 0.25) is 0 Å².